The summed E-state index contributed by atoms with van der Waals surface area (Å²) in [5.74, 6) is -3.85. The maximum atomic E-state index is 13.7. The number of benzene rings is 3. The zero-order valence-corrected chi connectivity index (χ0v) is 33.2. The molecule has 0 saturated heterocycles. The van der Waals surface area contributed by atoms with Crippen LogP contribution in [0.15, 0.2) is 42.5 Å². The Morgan fingerprint density at radius 3 is 1.71 bits per heavy atom. The van der Waals surface area contributed by atoms with Crippen LogP contribution in [0.25, 0.3) is 0 Å². The molecule has 0 aromatic heterocycles. The maximum Gasteiger partial charge on any atom is 0.402 e. The summed E-state index contributed by atoms with van der Waals surface area (Å²) in [5, 5.41) is -4.79. The molecule has 0 aliphatic heterocycles. The van der Waals surface area contributed by atoms with Crippen molar-refractivity contribution in [1.82, 2.24) is 0 Å². The fourth-order valence-corrected chi connectivity index (χ4v) is 7.81. The van der Waals surface area contributed by atoms with Crippen LogP contribution >= 0.6 is 136 Å². The van der Waals surface area contributed by atoms with Crippen LogP contribution in [-0.4, -0.2) is 42.7 Å². The minimum atomic E-state index is -5.87. The third kappa shape index (κ3) is 9.13. The Bertz CT molecular complexity index is 1680. The molecule has 9 nitrogen and oxygen atoms in total. The van der Waals surface area contributed by atoms with Gasteiger partial charge < -0.3 is 14.2 Å². The molecule has 0 saturated carbocycles. The standard InChI is InChI=1S/C23H10F2I6O9S/c24-23(25,41(35,36)37)8-38-20(32)12-2-1-11(39-21(33)13-3-9(26)5-15(28)18(13)30)7-17(12)40-22(34)14-4-10(27)6-16(29)19(14)31/h1-7H,8H2,(H,35,36,37). The summed E-state index contributed by atoms with van der Waals surface area (Å²) in [5.41, 5.74) is -0.179. The number of hydrogen-bond acceptors (Lipinski definition) is 8. The van der Waals surface area contributed by atoms with Crippen molar-refractivity contribution >= 4 is 164 Å². The second-order valence-electron chi connectivity index (χ2n) is 7.62. The molecule has 3 rings (SSSR count). The van der Waals surface area contributed by atoms with E-state index in [1.807, 2.05) is 125 Å². The molecule has 0 bridgehead atoms. The smallest absolute Gasteiger partial charge is 0.402 e. The van der Waals surface area contributed by atoms with Gasteiger partial charge >= 0.3 is 33.3 Å². The predicted molar refractivity (Wildman–Crippen MR) is 192 cm³/mol. The first kappa shape index (κ1) is 35.7. The van der Waals surface area contributed by atoms with Gasteiger partial charge in [-0.3, -0.25) is 4.55 Å². The summed E-state index contributed by atoms with van der Waals surface area (Å²) in [6.45, 7) is -2.01. The summed E-state index contributed by atoms with van der Waals surface area (Å²) in [7, 11) is -5.87. The van der Waals surface area contributed by atoms with Gasteiger partial charge in [0.25, 0.3) is 0 Å². The minimum absolute atomic E-state index is 0.129. The van der Waals surface area contributed by atoms with Gasteiger partial charge in [-0.15, -0.1) is 0 Å². The first-order valence-electron chi connectivity index (χ1n) is 10.3. The Hall–Kier alpha value is 0.220. The second-order valence-corrected chi connectivity index (χ2v) is 16.1. The first-order chi connectivity index (χ1) is 18.9. The molecule has 0 fully saturated rings. The largest absolute Gasteiger partial charge is 0.454 e. The number of halogens is 8. The zero-order valence-electron chi connectivity index (χ0n) is 19.4. The second kappa shape index (κ2) is 14.5. The van der Waals surface area contributed by atoms with Crippen molar-refractivity contribution in [2.45, 2.75) is 5.25 Å². The van der Waals surface area contributed by atoms with Crippen LogP contribution in [0.1, 0.15) is 31.1 Å². The van der Waals surface area contributed by atoms with E-state index in [2.05, 4.69) is 27.3 Å². The van der Waals surface area contributed by atoms with E-state index in [9.17, 15) is 31.6 Å². The summed E-state index contributed by atoms with van der Waals surface area (Å²) in [6, 6.07) is 9.95. The van der Waals surface area contributed by atoms with E-state index < -0.39 is 51.2 Å². The molecule has 0 aliphatic carbocycles. The highest BCUT2D eigenvalue weighted by atomic mass is 127. The van der Waals surface area contributed by atoms with Crippen LogP contribution < -0.4 is 9.47 Å². The van der Waals surface area contributed by atoms with Gasteiger partial charge in [0.2, 0.25) is 0 Å². The average molecular weight is 1260 g/mol. The van der Waals surface area contributed by atoms with Gasteiger partial charge in [0, 0.05) is 27.5 Å². The fraction of sp³-hybridized carbons (Fsp3) is 0.0870. The Kier molecular flexibility index (Phi) is 12.7. The van der Waals surface area contributed by atoms with Crippen molar-refractivity contribution in [3.8, 4) is 11.5 Å². The van der Waals surface area contributed by atoms with Crippen LogP contribution in [0.3, 0.4) is 0 Å². The zero-order chi connectivity index (χ0) is 30.9. The third-order valence-corrected chi connectivity index (χ3v) is 13.0. The lowest BCUT2D eigenvalue weighted by molar-refractivity contribution is -0.00967. The molecule has 0 radical (unpaired) electrons. The molecule has 0 atom stereocenters. The fourth-order valence-electron chi connectivity index (χ4n) is 2.85. The molecular weight excluding hydrogens is 1250 g/mol. The number of ether oxygens (including phenoxy) is 3. The summed E-state index contributed by atoms with van der Waals surface area (Å²) in [6.07, 6.45) is 0. The molecule has 218 valence electrons. The highest BCUT2D eigenvalue weighted by molar-refractivity contribution is 14.1. The van der Waals surface area contributed by atoms with Crippen molar-refractivity contribution in [3.63, 3.8) is 0 Å². The predicted octanol–water partition coefficient (Wildman–Crippen LogP) is 7.39. The van der Waals surface area contributed by atoms with E-state index in [0.29, 0.717) is 10.7 Å². The topological polar surface area (TPSA) is 133 Å². The minimum Gasteiger partial charge on any atom is -0.454 e. The van der Waals surface area contributed by atoms with Crippen molar-refractivity contribution in [1.29, 1.82) is 0 Å². The highest BCUT2D eigenvalue weighted by Gasteiger charge is 2.45. The van der Waals surface area contributed by atoms with Crippen LogP contribution in [0.5, 0.6) is 11.5 Å². The van der Waals surface area contributed by atoms with Gasteiger partial charge in [-0.05, 0) is 172 Å². The number of hydrogen-bond donors (Lipinski definition) is 1. The molecule has 0 heterocycles. The lowest BCUT2D eigenvalue weighted by Crippen LogP contribution is -2.34. The molecule has 0 spiro atoms. The van der Waals surface area contributed by atoms with Crippen LogP contribution in [-0.2, 0) is 14.9 Å². The van der Waals surface area contributed by atoms with Crippen molar-refractivity contribution in [2.24, 2.45) is 0 Å². The number of esters is 3. The van der Waals surface area contributed by atoms with E-state index in [4.69, 9.17) is 14.0 Å². The lowest BCUT2D eigenvalue weighted by atomic mass is 10.1. The Labute approximate surface area is 313 Å². The van der Waals surface area contributed by atoms with E-state index in [0.717, 1.165) is 28.9 Å². The van der Waals surface area contributed by atoms with E-state index in [-0.39, 0.29) is 16.9 Å². The summed E-state index contributed by atoms with van der Waals surface area (Å²) in [4.78, 5) is 38.7. The SMILES string of the molecule is O=C(OCC(F)(F)S(=O)(=O)O)c1ccc(OC(=O)c2cc(I)cc(I)c2I)cc1OC(=O)c1cc(I)cc(I)c1I. The van der Waals surface area contributed by atoms with Gasteiger partial charge in [0.05, 0.1) is 11.1 Å². The molecule has 3 aromatic rings. The van der Waals surface area contributed by atoms with E-state index in [1.165, 1.54) is 6.07 Å². The molecule has 41 heavy (non-hydrogen) atoms. The number of carbonyl (C=O) groups excluding carboxylic acids is 3. The van der Waals surface area contributed by atoms with Gasteiger partial charge in [0.15, 0.2) is 6.61 Å². The number of alkyl halides is 2. The van der Waals surface area contributed by atoms with E-state index >= 15 is 0 Å². The number of carbonyl (C=O) groups is 3. The molecule has 3 aromatic carbocycles. The van der Waals surface area contributed by atoms with Gasteiger partial charge in [-0.25, -0.2) is 14.4 Å². The third-order valence-electron chi connectivity index (χ3n) is 4.76. The lowest BCUT2D eigenvalue weighted by Gasteiger charge is -2.15. The number of rotatable bonds is 8. The normalized spacial score (nSPS) is 11.6. The molecular formula is C23H10F2I6O9S. The van der Waals surface area contributed by atoms with Crippen molar-refractivity contribution in [3.05, 3.63) is 80.6 Å². The van der Waals surface area contributed by atoms with Crippen LogP contribution in [0.2, 0.25) is 0 Å². The molecule has 18 heteroatoms. The molecule has 0 unspecified atom stereocenters. The Morgan fingerprint density at radius 1 is 0.732 bits per heavy atom. The summed E-state index contributed by atoms with van der Waals surface area (Å²) >= 11 is 12.0. The summed E-state index contributed by atoms with van der Waals surface area (Å²) < 4.78 is 77.2. The average Bonchev–Trinajstić information content (AvgIpc) is 2.86. The van der Waals surface area contributed by atoms with Crippen LogP contribution in [0.4, 0.5) is 8.78 Å². The van der Waals surface area contributed by atoms with Crippen LogP contribution in [0, 0.1) is 21.4 Å². The molecule has 1 N–H and O–H groups in total. The van der Waals surface area contributed by atoms with Crippen molar-refractivity contribution < 1.29 is 50.3 Å². The van der Waals surface area contributed by atoms with E-state index in [1.54, 1.807) is 6.07 Å². The Morgan fingerprint density at radius 2 is 1.22 bits per heavy atom. The Balaban J connectivity index is 2.00. The quantitative estimate of drug-likeness (QED) is 0.0807. The van der Waals surface area contributed by atoms with Gasteiger partial charge in [0.1, 0.15) is 17.1 Å². The highest BCUT2D eigenvalue weighted by Crippen LogP contribution is 2.31. The maximum absolute atomic E-state index is 13.7. The van der Waals surface area contributed by atoms with Gasteiger partial charge in [-0.2, -0.15) is 17.2 Å². The molecule has 0 aliphatic rings. The van der Waals surface area contributed by atoms with Gasteiger partial charge in [-0.1, -0.05) is 0 Å². The first-order valence-corrected chi connectivity index (χ1v) is 18.2. The monoisotopic (exact) mass is 1260 g/mol. The molecule has 0 amide bonds. The van der Waals surface area contributed by atoms with Crippen molar-refractivity contribution in [2.75, 3.05) is 6.61 Å².